The van der Waals surface area contributed by atoms with Gasteiger partial charge in [0.1, 0.15) is 0 Å². The second kappa shape index (κ2) is 7.04. The lowest BCUT2D eigenvalue weighted by Gasteiger charge is -2.31. The Morgan fingerprint density at radius 3 is 2.87 bits per heavy atom. The number of carbonyl (C=O) groups is 1. The van der Waals surface area contributed by atoms with Crippen molar-refractivity contribution in [1.29, 1.82) is 0 Å². The highest BCUT2D eigenvalue weighted by molar-refractivity contribution is 5.85. The molecule has 15 heavy (non-hydrogen) atoms. The van der Waals surface area contributed by atoms with Crippen LogP contribution in [0.5, 0.6) is 0 Å². The minimum absolute atomic E-state index is 0. The van der Waals surface area contributed by atoms with E-state index in [4.69, 9.17) is 5.73 Å². The highest BCUT2D eigenvalue weighted by atomic mass is 35.5. The molecule has 0 aromatic heterocycles. The molecule has 0 aromatic carbocycles. The summed E-state index contributed by atoms with van der Waals surface area (Å²) in [5.41, 5.74) is 5.65. The van der Waals surface area contributed by atoms with Crippen molar-refractivity contribution in [3.8, 4) is 0 Å². The molecular formula is C10H22ClN3O. The zero-order chi connectivity index (χ0) is 10.6. The van der Waals surface area contributed by atoms with E-state index in [-0.39, 0.29) is 30.4 Å². The molecule has 5 heteroatoms. The maximum absolute atomic E-state index is 11.5. The predicted molar refractivity (Wildman–Crippen MR) is 64.1 cm³/mol. The number of hydrogen-bond donors (Lipinski definition) is 3. The summed E-state index contributed by atoms with van der Waals surface area (Å²) in [6.45, 7) is 5.07. The minimum atomic E-state index is -0.357. The lowest BCUT2D eigenvalue weighted by Crippen LogP contribution is -2.55. The van der Waals surface area contributed by atoms with E-state index in [1.54, 1.807) is 0 Å². The molecule has 4 N–H and O–H groups in total. The Kier molecular flexibility index (Phi) is 6.89. The normalized spacial score (nSPS) is 27.7. The molecule has 1 saturated heterocycles. The van der Waals surface area contributed by atoms with Crippen LogP contribution >= 0.6 is 12.4 Å². The van der Waals surface area contributed by atoms with Gasteiger partial charge < -0.3 is 16.4 Å². The molecule has 3 atom stereocenters. The molecule has 1 rings (SSSR count). The van der Waals surface area contributed by atoms with E-state index >= 15 is 0 Å². The number of hydrogen-bond acceptors (Lipinski definition) is 3. The maximum Gasteiger partial charge on any atom is 0.237 e. The number of halogens is 1. The molecule has 1 aliphatic heterocycles. The van der Waals surface area contributed by atoms with Gasteiger partial charge in [0.25, 0.3) is 0 Å². The zero-order valence-corrected chi connectivity index (χ0v) is 10.3. The van der Waals surface area contributed by atoms with Crippen LogP contribution in [0.25, 0.3) is 0 Å². The van der Waals surface area contributed by atoms with Gasteiger partial charge in [-0.1, -0.05) is 6.92 Å². The van der Waals surface area contributed by atoms with Crippen LogP contribution in [0.3, 0.4) is 0 Å². The van der Waals surface area contributed by atoms with E-state index in [0.717, 1.165) is 19.4 Å². The molecule has 1 fully saturated rings. The molecule has 1 aliphatic rings. The molecule has 0 radical (unpaired) electrons. The standard InChI is InChI=1S/C10H21N3O.ClH/c1-3-8(11)10(14)13-9-5-4-6-12-7(9)2;/h7-9,12H,3-6,11H2,1-2H3,(H,13,14);1H/t7?,8-,9?;/m1./s1. The Bertz CT molecular complexity index is 201. The summed E-state index contributed by atoms with van der Waals surface area (Å²) in [7, 11) is 0. The fourth-order valence-electron chi connectivity index (χ4n) is 1.72. The summed E-state index contributed by atoms with van der Waals surface area (Å²) in [6, 6.07) is 0.245. The van der Waals surface area contributed by atoms with Crippen LogP contribution in [0, 0.1) is 0 Å². The average molecular weight is 236 g/mol. The first-order valence-corrected chi connectivity index (χ1v) is 5.44. The van der Waals surface area contributed by atoms with E-state index in [9.17, 15) is 4.79 Å². The average Bonchev–Trinajstić information content (AvgIpc) is 2.20. The topological polar surface area (TPSA) is 67.2 Å². The van der Waals surface area contributed by atoms with Crippen molar-refractivity contribution in [1.82, 2.24) is 10.6 Å². The molecule has 0 spiro atoms. The van der Waals surface area contributed by atoms with Crippen molar-refractivity contribution >= 4 is 18.3 Å². The Hall–Kier alpha value is -0.320. The molecule has 1 heterocycles. The first-order chi connectivity index (χ1) is 6.65. The van der Waals surface area contributed by atoms with Crippen molar-refractivity contribution in [2.24, 2.45) is 5.73 Å². The molecule has 1 amide bonds. The number of nitrogens with one attached hydrogen (secondary N) is 2. The summed E-state index contributed by atoms with van der Waals surface area (Å²) in [4.78, 5) is 11.5. The first-order valence-electron chi connectivity index (χ1n) is 5.44. The van der Waals surface area contributed by atoms with Gasteiger partial charge in [0.05, 0.1) is 6.04 Å². The van der Waals surface area contributed by atoms with Gasteiger partial charge in [-0.25, -0.2) is 0 Å². The molecule has 0 aromatic rings. The third kappa shape index (κ3) is 4.36. The van der Waals surface area contributed by atoms with E-state index in [0.29, 0.717) is 12.5 Å². The summed E-state index contributed by atoms with van der Waals surface area (Å²) in [6.07, 6.45) is 2.87. The van der Waals surface area contributed by atoms with E-state index < -0.39 is 0 Å². The quantitative estimate of drug-likeness (QED) is 0.664. The molecule has 2 unspecified atom stereocenters. The lowest BCUT2D eigenvalue weighted by molar-refractivity contribution is -0.123. The smallest absolute Gasteiger partial charge is 0.237 e. The van der Waals surface area contributed by atoms with E-state index in [2.05, 4.69) is 17.6 Å². The van der Waals surface area contributed by atoms with Gasteiger partial charge >= 0.3 is 0 Å². The number of amides is 1. The van der Waals surface area contributed by atoms with Crippen molar-refractivity contribution in [3.05, 3.63) is 0 Å². The van der Waals surface area contributed by atoms with Crippen LogP contribution in [0.15, 0.2) is 0 Å². The third-order valence-corrected chi connectivity index (χ3v) is 2.87. The molecule has 90 valence electrons. The van der Waals surface area contributed by atoms with Crippen LogP contribution in [0.4, 0.5) is 0 Å². The largest absolute Gasteiger partial charge is 0.350 e. The van der Waals surface area contributed by atoms with Crippen molar-refractivity contribution in [2.45, 2.75) is 51.2 Å². The minimum Gasteiger partial charge on any atom is -0.350 e. The second-order valence-electron chi connectivity index (χ2n) is 4.01. The van der Waals surface area contributed by atoms with Crippen LogP contribution in [-0.2, 0) is 4.79 Å². The molecule has 4 nitrogen and oxygen atoms in total. The van der Waals surface area contributed by atoms with E-state index in [1.807, 2.05) is 6.92 Å². The fourth-order valence-corrected chi connectivity index (χ4v) is 1.72. The van der Waals surface area contributed by atoms with Gasteiger partial charge in [0, 0.05) is 12.1 Å². The highest BCUT2D eigenvalue weighted by Crippen LogP contribution is 2.08. The molecule has 0 bridgehead atoms. The molecule has 0 aliphatic carbocycles. The van der Waals surface area contributed by atoms with Crippen LogP contribution in [-0.4, -0.2) is 30.6 Å². The number of carbonyl (C=O) groups excluding carboxylic acids is 1. The van der Waals surface area contributed by atoms with Crippen LogP contribution in [0.2, 0.25) is 0 Å². The molecule has 0 saturated carbocycles. The number of rotatable bonds is 3. The Labute approximate surface area is 97.8 Å². The van der Waals surface area contributed by atoms with Crippen molar-refractivity contribution in [2.75, 3.05) is 6.54 Å². The third-order valence-electron chi connectivity index (χ3n) is 2.87. The van der Waals surface area contributed by atoms with Crippen LogP contribution < -0.4 is 16.4 Å². The number of nitrogens with two attached hydrogens (primary N) is 1. The lowest BCUT2D eigenvalue weighted by atomic mass is 9.99. The van der Waals surface area contributed by atoms with Gasteiger partial charge in [-0.15, -0.1) is 12.4 Å². The van der Waals surface area contributed by atoms with Crippen LogP contribution in [0.1, 0.15) is 33.1 Å². The first kappa shape index (κ1) is 14.7. The second-order valence-corrected chi connectivity index (χ2v) is 4.01. The van der Waals surface area contributed by atoms with E-state index in [1.165, 1.54) is 0 Å². The summed E-state index contributed by atoms with van der Waals surface area (Å²) in [5, 5.41) is 6.33. The van der Waals surface area contributed by atoms with Crippen molar-refractivity contribution in [3.63, 3.8) is 0 Å². The zero-order valence-electron chi connectivity index (χ0n) is 9.45. The monoisotopic (exact) mass is 235 g/mol. The SMILES string of the molecule is CC[C@@H](N)C(=O)NC1CCCNC1C.Cl. The summed E-state index contributed by atoms with van der Waals surface area (Å²) in [5.74, 6) is -0.0203. The Morgan fingerprint density at radius 2 is 2.33 bits per heavy atom. The van der Waals surface area contributed by atoms with Gasteiger partial charge in [0.15, 0.2) is 0 Å². The Balaban J connectivity index is 0.00000196. The van der Waals surface area contributed by atoms with Gasteiger partial charge in [-0.2, -0.15) is 0 Å². The maximum atomic E-state index is 11.5. The predicted octanol–water partition coefficient (Wildman–Crippen LogP) is 0.402. The van der Waals surface area contributed by atoms with Crippen molar-refractivity contribution < 1.29 is 4.79 Å². The molecular weight excluding hydrogens is 214 g/mol. The Morgan fingerprint density at radius 1 is 1.67 bits per heavy atom. The van der Waals surface area contributed by atoms with Gasteiger partial charge in [0.2, 0.25) is 5.91 Å². The highest BCUT2D eigenvalue weighted by Gasteiger charge is 2.23. The summed E-state index contributed by atoms with van der Waals surface area (Å²) >= 11 is 0. The van der Waals surface area contributed by atoms with Gasteiger partial charge in [-0.05, 0) is 32.7 Å². The summed E-state index contributed by atoms with van der Waals surface area (Å²) < 4.78 is 0. The van der Waals surface area contributed by atoms with Gasteiger partial charge in [-0.3, -0.25) is 4.79 Å². The fraction of sp³-hybridized carbons (Fsp3) is 0.900. The number of piperidine rings is 1.